The first kappa shape index (κ1) is 13.1. The van der Waals surface area contributed by atoms with Gasteiger partial charge < -0.3 is 10.4 Å². The summed E-state index contributed by atoms with van der Waals surface area (Å²) in [5, 5.41) is 12.6. The van der Waals surface area contributed by atoms with Gasteiger partial charge in [-0.2, -0.15) is 0 Å². The molecule has 0 bridgehead atoms. The van der Waals surface area contributed by atoms with E-state index < -0.39 is 0 Å². The SMILES string of the molecule is OCC(Cc1ccccc1)Nc1ccc(Br)cn1. The molecular formula is C14H15BrN2O. The van der Waals surface area contributed by atoms with E-state index in [1.54, 1.807) is 6.20 Å². The van der Waals surface area contributed by atoms with Crippen LogP contribution in [0.1, 0.15) is 5.56 Å². The van der Waals surface area contributed by atoms with Crippen LogP contribution in [0.2, 0.25) is 0 Å². The van der Waals surface area contributed by atoms with Crippen LogP contribution in [-0.4, -0.2) is 22.7 Å². The van der Waals surface area contributed by atoms with Crippen LogP contribution in [0.5, 0.6) is 0 Å². The van der Waals surface area contributed by atoms with Gasteiger partial charge in [0, 0.05) is 10.7 Å². The average Bonchev–Trinajstić information content (AvgIpc) is 2.41. The first-order valence-electron chi connectivity index (χ1n) is 5.81. The summed E-state index contributed by atoms with van der Waals surface area (Å²) in [5.74, 6) is 0.771. The lowest BCUT2D eigenvalue weighted by molar-refractivity contribution is 0.273. The lowest BCUT2D eigenvalue weighted by Crippen LogP contribution is -2.26. The van der Waals surface area contributed by atoms with Crippen LogP contribution in [0.25, 0.3) is 0 Å². The predicted octanol–water partition coefficient (Wildman–Crippen LogP) is 2.86. The predicted molar refractivity (Wildman–Crippen MR) is 76.6 cm³/mol. The van der Waals surface area contributed by atoms with E-state index >= 15 is 0 Å². The number of benzene rings is 1. The number of anilines is 1. The van der Waals surface area contributed by atoms with E-state index in [4.69, 9.17) is 0 Å². The van der Waals surface area contributed by atoms with Gasteiger partial charge in [0.05, 0.1) is 12.6 Å². The quantitative estimate of drug-likeness (QED) is 0.893. The van der Waals surface area contributed by atoms with Crippen molar-refractivity contribution in [2.75, 3.05) is 11.9 Å². The number of hydrogen-bond acceptors (Lipinski definition) is 3. The van der Waals surface area contributed by atoms with Gasteiger partial charge in [-0.25, -0.2) is 4.98 Å². The fourth-order valence-electron chi connectivity index (χ4n) is 1.73. The van der Waals surface area contributed by atoms with Crippen molar-refractivity contribution in [2.45, 2.75) is 12.5 Å². The first-order chi connectivity index (χ1) is 8.78. The van der Waals surface area contributed by atoms with Gasteiger partial charge in [-0.1, -0.05) is 30.3 Å². The van der Waals surface area contributed by atoms with Crippen LogP contribution in [0.3, 0.4) is 0 Å². The summed E-state index contributed by atoms with van der Waals surface area (Å²) in [6.45, 7) is 0.0760. The second-order valence-electron chi connectivity index (χ2n) is 4.08. The van der Waals surface area contributed by atoms with Crippen molar-refractivity contribution in [1.82, 2.24) is 4.98 Å². The minimum atomic E-state index is -0.0268. The third-order valence-electron chi connectivity index (χ3n) is 2.62. The maximum Gasteiger partial charge on any atom is 0.126 e. The molecular weight excluding hydrogens is 292 g/mol. The highest BCUT2D eigenvalue weighted by molar-refractivity contribution is 9.10. The summed E-state index contributed by atoms with van der Waals surface area (Å²) in [7, 11) is 0. The molecule has 0 fully saturated rings. The summed E-state index contributed by atoms with van der Waals surface area (Å²) < 4.78 is 0.941. The Morgan fingerprint density at radius 3 is 2.56 bits per heavy atom. The molecule has 1 heterocycles. The smallest absolute Gasteiger partial charge is 0.126 e. The van der Waals surface area contributed by atoms with Crippen molar-refractivity contribution in [3.05, 3.63) is 58.7 Å². The van der Waals surface area contributed by atoms with Crippen molar-refractivity contribution < 1.29 is 5.11 Å². The number of halogens is 1. The van der Waals surface area contributed by atoms with Crippen LogP contribution in [0.15, 0.2) is 53.1 Å². The van der Waals surface area contributed by atoms with Gasteiger partial charge in [0.25, 0.3) is 0 Å². The second kappa shape index (κ2) is 6.52. The molecule has 18 heavy (non-hydrogen) atoms. The zero-order valence-corrected chi connectivity index (χ0v) is 11.5. The Morgan fingerprint density at radius 1 is 1.17 bits per heavy atom. The van der Waals surface area contributed by atoms with Crippen molar-refractivity contribution in [2.24, 2.45) is 0 Å². The molecule has 0 aliphatic heterocycles. The average molecular weight is 307 g/mol. The number of hydrogen-bond donors (Lipinski definition) is 2. The largest absolute Gasteiger partial charge is 0.394 e. The summed E-state index contributed by atoms with van der Waals surface area (Å²) in [6, 6.07) is 13.9. The molecule has 3 nitrogen and oxygen atoms in total. The van der Waals surface area contributed by atoms with Crippen molar-refractivity contribution >= 4 is 21.7 Å². The molecule has 1 unspecified atom stereocenters. The third kappa shape index (κ3) is 3.82. The van der Waals surface area contributed by atoms with Gasteiger partial charge in [-0.15, -0.1) is 0 Å². The molecule has 0 aliphatic carbocycles. The van der Waals surface area contributed by atoms with E-state index in [2.05, 4.69) is 38.4 Å². The summed E-state index contributed by atoms with van der Waals surface area (Å²) in [5.41, 5.74) is 1.20. The van der Waals surface area contributed by atoms with Crippen molar-refractivity contribution in [1.29, 1.82) is 0 Å². The fourth-order valence-corrected chi connectivity index (χ4v) is 1.96. The van der Waals surface area contributed by atoms with E-state index in [0.717, 1.165) is 16.7 Å². The molecule has 0 aliphatic rings. The molecule has 4 heteroatoms. The number of nitrogens with one attached hydrogen (secondary N) is 1. The summed E-state index contributed by atoms with van der Waals surface area (Å²) >= 11 is 3.34. The maximum absolute atomic E-state index is 9.40. The normalized spacial score (nSPS) is 12.1. The molecule has 1 atom stereocenters. The minimum absolute atomic E-state index is 0.0268. The van der Waals surface area contributed by atoms with Gasteiger partial charge in [0.1, 0.15) is 5.82 Å². The van der Waals surface area contributed by atoms with E-state index in [1.165, 1.54) is 5.56 Å². The van der Waals surface area contributed by atoms with Crippen LogP contribution >= 0.6 is 15.9 Å². The minimum Gasteiger partial charge on any atom is -0.394 e. The molecule has 2 N–H and O–H groups in total. The molecule has 2 aromatic rings. The number of aliphatic hydroxyl groups excluding tert-OH is 1. The molecule has 0 amide bonds. The number of nitrogens with zero attached hydrogens (tertiary/aromatic N) is 1. The van der Waals surface area contributed by atoms with Crippen LogP contribution in [0.4, 0.5) is 5.82 Å². The molecule has 1 aromatic heterocycles. The number of aliphatic hydroxyl groups is 1. The Morgan fingerprint density at radius 2 is 1.94 bits per heavy atom. The Kier molecular flexibility index (Phi) is 4.73. The first-order valence-corrected chi connectivity index (χ1v) is 6.60. The standard InChI is InChI=1S/C14H15BrN2O/c15-12-6-7-14(16-9-12)17-13(10-18)8-11-4-2-1-3-5-11/h1-7,9,13,18H,8,10H2,(H,16,17). The van der Waals surface area contributed by atoms with E-state index in [9.17, 15) is 5.11 Å². The number of pyridine rings is 1. The Labute approximate surface area is 115 Å². The van der Waals surface area contributed by atoms with Crippen molar-refractivity contribution in [3.8, 4) is 0 Å². The molecule has 1 aromatic carbocycles. The highest BCUT2D eigenvalue weighted by Gasteiger charge is 2.08. The lowest BCUT2D eigenvalue weighted by atomic mass is 10.1. The molecule has 2 rings (SSSR count). The van der Waals surface area contributed by atoms with E-state index in [-0.39, 0.29) is 12.6 Å². The van der Waals surface area contributed by atoms with Gasteiger partial charge in [0.2, 0.25) is 0 Å². The second-order valence-corrected chi connectivity index (χ2v) is 4.99. The van der Waals surface area contributed by atoms with Crippen LogP contribution in [-0.2, 0) is 6.42 Å². The maximum atomic E-state index is 9.40. The third-order valence-corrected chi connectivity index (χ3v) is 3.09. The highest BCUT2D eigenvalue weighted by Crippen LogP contribution is 2.12. The van der Waals surface area contributed by atoms with Crippen molar-refractivity contribution in [3.63, 3.8) is 0 Å². The molecule has 94 valence electrons. The Balaban J connectivity index is 1.99. The van der Waals surface area contributed by atoms with Crippen LogP contribution in [0, 0.1) is 0 Å². The van der Waals surface area contributed by atoms with Gasteiger partial charge in [0.15, 0.2) is 0 Å². The monoisotopic (exact) mass is 306 g/mol. The van der Waals surface area contributed by atoms with Gasteiger partial charge in [-0.3, -0.25) is 0 Å². The van der Waals surface area contributed by atoms with E-state index in [0.29, 0.717) is 0 Å². The fraction of sp³-hybridized carbons (Fsp3) is 0.214. The molecule has 0 radical (unpaired) electrons. The molecule has 0 spiro atoms. The zero-order valence-electron chi connectivity index (χ0n) is 9.88. The van der Waals surface area contributed by atoms with Crippen LogP contribution < -0.4 is 5.32 Å². The van der Waals surface area contributed by atoms with Gasteiger partial charge in [-0.05, 0) is 40.0 Å². The zero-order chi connectivity index (χ0) is 12.8. The lowest BCUT2D eigenvalue weighted by Gasteiger charge is -2.16. The number of rotatable bonds is 5. The summed E-state index contributed by atoms with van der Waals surface area (Å²) in [4.78, 5) is 4.24. The topological polar surface area (TPSA) is 45.1 Å². The molecule has 0 saturated carbocycles. The summed E-state index contributed by atoms with van der Waals surface area (Å²) in [6.07, 6.45) is 2.51. The Bertz CT molecular complexity index is 473. The molecule has 0 saturated heterocycles. The van der Waals surface area contributed by atoms with Gasteiger partial charge >= 0.3 is 0 Å². The highest BCUT2D eigenvalue weighted by atomic mass is 79.9. The number of aromatic nitrogens is 1. The Hall–Kier alpha value is -1.39. The van der Waals surface area contributed by atoms with E-state index in [1.807, 2.05) is 30.3 Å².